The van der Waals surface area contributed by atoms with Crippen molar-refractivity contribution in [3.05, 3.63) is 65.2 Å². The van der Waals surface area contributed by atoms with Crippen LogP contribution in [0.2, 0.25) is 0 Å². The highest BCUT2D eigenvalue weighted by Crippen LogP contribution is 2.23. The van der Waals surface area contributed by atoms with Crippen LogP contribution in [0, 0.1) is 11.6 Å². The van der Waals surface area contributed by atoms with Gasteiger partial charge < -0.3 is 14.7 Å². The number of rotatable bonds is 6. The molecule has 0 aromatic heterocycles. The molecule has 2 atom stereocenters. The molecule has 1 aliphatic heterocycles. The van der Waals surface area contributed by atoms with Gasteiger partial charge in [0, 0.05) is 31.7 Å². The van der Waals surface area contributed by atoms with Gasteiger partial charge in [-0.25, -0.2) is 13.6 Å². The summed E-state index contributed by atoms with van der Waals surface area (Å²) in [6.07, 6.45) is 0. The lowest BCUT2D eigenvalue weighted by Gasteiger charge is -2.44. The molecule has 30 heavy (non-hydrogen) atoms. The number of aromatic carboxylic acids is 1. The van der Waals surface area contributed by atoms with Crippen LogP contribution in [0.5, 0.6) is 5.75 Å². The van der Waals surface area contributed by atoms with Crippen molar-refractivity contribution >= 4 is 11.9 Å². The van der Waals surface area contributed by atoms with Crippen LogP contribution in [-0.4, -0.2) is 58.6 Å². The van der Waals surface area contributed by atoms with E-state index in [4.69, 9.17) is 9.84 Å². The zero-order valence-electron chi connectivity index (χ0n) is 16.8. The lowest BCUT2D eigenvalue weighted by molar-refractivity contribution is -0.139. The van der Waals surface area contributed by atoms with E-state index in [9.17, 15) is 18.4 Å². The minimum atomic E-state index is -1.45. The number of hydrogen-bond acceptors (Lipinski definition) is 4. The summed E-state index contributed by atoms with van der Waals surface area (Å²) < 4.78 is 32.2. The molecule has 2 aromatic rings. The second kappa shape index (κ2) is 9.21. The molecule has 1 saturated heterocycles. The Labute approximate surface area is 173 Å². The van der Waals surface area contributed by atoms with Crippen molar-refractivity contribution < 1.29 is 28.2 Å². The summed E-state index contributed by atoms with van der Waals surface area (Å²) in [5.41, 5.74) is 0.404. The molecule has 0 spiro atoms. The van der Waals surface area contributed by atoms with Gasteiger partial charge in [-0.05, 0) is 43.7 Å². The summed E-state index contributed by atoms with van der Waals surface area (Å²) in [6, 6.07) is 10.0. The molecule has 2 aromatic carbocycles. The molecule has 6 nitrogen and oxygen atoms in total. The van der Waals surface area contributed by atoms with Gasteiger partial charge in [0.2, 0.25) is 0 Å². The van der Waals surface area contributed by atoms with E-state index in [0.717, 1.165) is 11.6 Å². The minimum absolute atomic E-state index is 0.0685. The predicted octanol–water partition coefficient (Wildman–Crippen LogP) is 3.16. The molecule has 1 amide bonds. The number of benzene rings is 2. The highest BCUT2D eigenvalue weighted by atomic mass is 19.1. The summed E-state index contributed by atoms with van der Waals surface area (Å²) in [6.45, 7) is 5.30. The maximum absolute atomic E-state index is 13.8. The van der Waals surface area contributed by atoms with Crippen LogP contribution in [0.15, 0.2) is 42.5 Å². The summed E-state index contributed by atoms with van der Waals surface area (Å²) >= 11 is 0. The van der Waals surface area contributed by atoms with Gasteiger partial charge in [-0.3, -0.25) is 9.69 Å². The number of ether oxygens (including phenoxy) is 1. The van der Waals surface area contributed by atoms with Crippen LogP contribution >= 0.6 is 0 Å². The Morgan fingerprint density at radius 2 is 1.77 bits per heavy atom. The Kier molecular flexibility index (Phi) is 6.66. The Morgan fingerprint density at radius 1 is 1.07 bits per heavy atom. The number of amides is 1. The molecular weight excluding hydrogens is 394 g/mol. The van der Waals surface area contributed by atoms with E-state index in [0.29, 0.717) is 19.6 Å². The predicted molar refractivity (Wildman–Crippen MR) is 106 cm³/mol. The van der Waals surface area contributed by atoms with Crippen molar-refractivity contribution in [1.82, 2.24) is 9.80 Å². The summed E-state index contributed by atoms with van der Waals surface area (Å²) in [4.78, 5) is 27.8. The van der Waals surface area contributed by atoms with Crippen molar-refractivity contribution in [2.75, 3.05) is 19.7 Å². The van der Waals surface area contributed by atoms with Gasteiger partial charge in [0.15, 0.2) is 6.61 Å². The third kappa shape index (κ3) is 4.94. The van der Waals surface area contributed by atoms with Gasteiger partial charge in [-0.15, -0.1) is 0 Å². The first-order chi connectivity index (χ1) is 14.3. The zero-order chi connectivity index (χ0) is 21.8. The number of carboxylic acids is 1. The topological polar surface area (TPSA) is 70.1 Å². The lowest BCUT2D eigenvalue weighted by Crippen LogP contribution is -2.58. The SMILES string of the molecule is C[C@@H]1CN(Cc2ccc(F)cc2)[C@@H](C)CN1C(=O)COc1cccc(F)c1C(=O)O. The van der Waals surface area contributed by atoms with Crippen LogP contribution in [0.25, 0.3) is 0 Å². The van der Waals surface area contributed by atoms with Gasteiger partial charge in [0.05, 0.1) is 0 Å². The maximum atomic E-state index is 13.8. The number of hydrogen-bond donors (Lipinski definition) is 1. The smallest absolute Gasteiger partial charge is 0.342 e. The molecule has 3 rings (SSSR count). The van der Waals surface area contributed by atoms with Crippen LogP contribution in [-0.2, 0) is 11.3 Å². The largest absolute Gasteiger partial charge is 0.483 e. The van der Waals surface area contributed by atoms with E-state index in [1.54, 1.807) is 17.0 Å². The highest BCUT2D eigenvalue weighted by molar-refractivity contribution is 5.91. The average molecular weight is 418 g/mol. The third-order valence-corrected chi connectivity index (χ3v) is 5.27. The number of carbonyl (C=O) groups excluding carboxylic acids is 1. The molecule has 160 valence electrons. The van der Waals surface area contributed by atoms with Crippen LogP contribution in [0.4, 0.5) is 8.78 Å². The van der Waals surface area contributed by atoms with Crippen LogP contribution < -0.4 is 4.74 Å². The molecule has 0 radical (unpaired) electrons. The van der Waals surface area contributed by atoms with Gasteiger partial charge in [0.1, 0.15) is 22.9 Å². The Balaban J connectivity index is 1.61. The first-order valence-electron chi connectivity index (χ1n) is 9.68. The number of carbonyl (C=O) groups is 2. The molecule has 0 unspecified atom stereocenters. The second-order valence-electron chi connectivity index (χ2n) is 7.51. The lowest BCUT2D eigenvalue weighted by atomic mass is 10.1. The van der Waals surface area contributed by atoms with Gasteiger partial charge in [-0.1, -0.05) is 18.2 Å². The monoisotopic (exact) mass is 418 g/mol. The molecule has 0 aliphatic carbocycles. The fourth-order valence-corrected chi connectivity index (χ4v) is 3.64. The quantitative estimate of drug-likeness (QED) is 0.781. The summed E-state index contributed by atoms with van der Waals surface area (Å²) in [5.74, 6) is -3.11. The minimum Gasteiger partial charge on any atom is -0.483 e. The zero-order valence-corrected chi connectivity index (χ0v) is 16.8. The van der Waals surface area contributed by atoms with Gasteiger partial charge in [-0.2, -0.15) is 0 Å². The molecule has 1 fully saturated rings. The molecule has 1 aliphatic rings. The fraction of sp³-hybridized carbons (Fsp3) is 0.364. The molecule has 1 N–H and O–H groups in total. The van der Waals surface area contributed by atoms with Gasteiger partial charge in [0.25, 0.3) is 5.91 Å². The summed E-state index contributed by atoms with van der Waals surface area (Å²) in [7, 11) is 0. The number of nitrogens with zero attached hydrogens (tertiary/aromatic N) is 2. The van der Waals surface area contributed by atoms with E-state index in [2.05, 4.69) is 4.90 Å². The van der Waals surface area contributed by atoms with Gasteiger partial charge >= 0.3 is 5.97 Å². The van der Waals surface area contributed by atoms with Crippen molar-refractivity contribution in [2.45, 2.75) is 32.5 Å². The third-order valence-electron chi connectivity index (χ3n) is 5.27. The Bertz CT molecular complexity index is 920. The number of halogens is 2. The number of piperazine rings is 1. The molecule has 8 heteroatoms. The first-order valence-corrected chi connectivity index (χ1v) is 9.68. The molecule has 0 bridgehead atoms. The molecule has 1 heterocycles. The fourth-order valence-electron chi connectivity index (χ4n) is 3.64. The van der Waals surface area contributed by atoms with E-state index in [1.807, 2.05) is 13.8 Å². The summed E-state index contributed by atoms with van der Waals surface area (Å²) in [5, 5.41) is 9.16. The Hall–Kier alpha value is -3.00. The van der Waals surface area contributed by atoms with E-state index >= 15 is 0 Å². The van der Waals surface area contributed by atoms with Crippen molar-refractivity contribution in [3.63, 3.8) is 0 Å². The van der Waals surface area contributed by atoms with Crippen molar-refractivity contribution in [1.29, 1.82) is 0 Å². The normalized spacial score (nSPS) is 19.5. The van der Waals surface area contributed by atoms with E-state index < -0.39 is 17.3 Å². The van der Waals surface area contributed by atoms with Crippen molar-refractivity contribution in [2.24, 2.45) is 0 Å². The highest BCUT2D eigenvalue weighted by Gasteiger charge is 2.32. The Morgan fingerprint density at radius 3 is 2.43 bits per heavy atom. The molecule has 0 saturated carbocycles. The van der Waals surface area contributed by atoms with E-state index in [1.165, 1.54) is 24.3 Å². The maximum Gasteiger partial charge on any atom is 0.342 e. The molecular formula is C22H24F2N2O4. The average Bonchev–Trinajstić information content (AvgIpc) is 2.70. The second-order valence-corrected chi connectivity index (χ2v) is 7.51. The van der Waals surface area contributed by atoms with Crippen LogP contribution in [0.1, 0.15) is 29.8 Å². The first kappa shape index (κ1) is 21.7. The van der Waals surface area contributed by atoms with Crippen LogP contribution in [0.3, 0.4) is 0 Å². The van der Waals surface area contributed by atoms with Crippen molar-refractivity contribution in [3.8, 4) is 5.75 Å². The van der Waals surface area contributed by atoms with E-state index in [-0.39, 0.29) is 36.2 Å². The number of carboxylic acid groups (broad SMARTS) is 1. The standard InChI is InChI=1S/C22H24F2N2O4/c1-14-11-26(15(2)10-25(14)12-16-6-8-17(23)9-7-16)20(27)13-30-19-5-3-4-18(24)21(19)22(28)29/h3-9,14-15H,10-13H2,1-2H3,(H,28,29)/t14-,15+/m0/s1.